The van der Waals surface area contributed by atoms with Crippen molar-refractivity contribution in [2.75, 3.05) is 10.0 Å². The first-order valence-electron chi connectivity index (χ1n) is 7.36. The maximum absolute atomic E-state index is 13.1. The number of carbonyl (C=O) groups is 2. The van der Waals surface area contributed by atoms with Crippen LogP contribution in [-0.4, -0.2) is 27.2 Å². The van der Waals surface area contributed by atoms with Gasteiger partial charge in [0.1, 0.15) is 5.69 Å². The van der Waals surface area contributed by atoms with Gasteiger partial charge in [0.15, 0.2) is 5.82 Å². The molecule has 0 spiro atoms. The van der Waals surface area contributed by atoms with Crippen LogP contribution in [0.3, 0.4) is 0 Å². The van der Waals surface area contributed by atoms with Crippen LogP contribution in [-0.2, 0) is 12.4 Å². The molecule has 8 N–H and O–H groups in total. The number of amides is 4. The molecule has 0 unspecified atom stereocenters. The predicted octanol–water partition coefficient (Wildman–Crippen LogP) is 1.09. The van der Waals surface area contributed by atoms with E-state index >= 15 is 0 Å². The van der Waals surface area contributed by atoms with Gasteiger partial charge < -0.3 is 11.5 Å². The summed E-state index contributed by atoms with van der Waals surface area (Å²) in [5, 5.41) is 6.88. The van der Waals surface area contributed by atoms with E-state index in [0.29, 0.717) is 12.1 Å². The fourth-order valence-corrected chi connectivity index (χ4v) is 2.06. The molecule has 0 saturated heterocycles. The lowest BCUT2D eigenvalue weighted by Gasteiger charge is -2.19. The van der Waals surface area contributed by atoms with Gasteiger partial charge in [0.05, 0.1) is 11.1 Å². The highest BCUT2D eigenvalue weighted by Crippen LogP contribution is 2.39. The highest BCUT2D eigenvalue weighted by Gasteiger charge is 2.37. The van der Waals surface area contributed by atoms with Crippen LogP contribution >= 0.6 is 0 Å². The van der Waals surface area contributed by atoms with Crippen molar-refractivity contribution in [1.29, 1.82) is 0 Å². The van der Waals surface area contributed by atoms with Gasteiger partial charge in [-0.1, -0.05) is 0 Å². The molecule has 2 rings (SSSR count). The molecule has 17 heteroatoms. The van der Waals surface area contributed by atoms with E-state index in [1.54, 1.807) is 0 Å². The predicted molar refractivity (Wildman–Crippen MR) is 87.8 cm³/mol. The normalized spacial score (nSPS) is 11.9. The number of nitrogens with zero attached hydrogens (tertiary/aromatic N) is 5. The summed E-state index contributed by atoms with van der Waals surface area (Å²) >= 11 is 0. The first-order valence-corrected chi connectivity index (χ1v) is 7.36. The van der Waals surface area contributed by atoms with Crippen LogP contribution in [0.5, 0.6) is 0 Å². The maximum Gasteiger partial charge on any atom is 0.416 e. The lowest BCUT2D eigenvalue weighted by Crippen LogP contribution is -2.45. The van der Waals surface area contributed by atoms with Crippen molar-refractivity contribution in [3.05, 3.63) is 29.3 Å². The Balaban J connectivity index is 2.82. The van der Waals surface area contributed by atoms with Gasteiger partial charge in [-0.3, -0.25) is 0 Å². The fraction of sp³-hybridized carbons (Fsp3) is 0.154. The van der Waals surface area contributed by atoms with E-state index in [2.05, 4.69) is 15.2 Å². The van der Waals surface area contributed by atoms with E-state index in [1.807, 2.05) is 0 Å². The van der Waals surface area contributed by atoms with Gasteiger partial charge in [-0.15, -0.1) is 10.2 Å². The molecule has 30 heavy (non-hydrogen) atoms. The van der Waals surface area contributed by atoms with Crippen LogP contribution in [0.4, 0.5) is 47.7 Å². The highest BCUT2D eigenvalue weighted by atomic mass is 19.4. The van der Waals surface area contributed by atoms with Gasteiger partial charge in [-0.25, -0.2) is 26.3 Å². The van der Waals surface area contributed by atoms with E-state index in [4.69, 9.17) is 23.2 Å². The van der Waals surface area contributed by atoms with Crippen molar-refractivity contribution in [3.63, 3.8) is 0 Å². The van der Waals surface area contributed by atoms with Crippen molar-refractivity contribution in [3.8, 4) is 11.3 Å². The molecule has 162 valence electrons. The second-order valence-electron chi connectivity index (χ2n) is 5.50. The minimum Gasteiger partial charge on any atom is -0.350 e. The zero-order valence-electron chi connectivity index (χ0n) is 14.4. The van der Waals surface area contributed by atoms with Crippen LogP contribution in [0.2, 0.25) is 0 Å². The molecule has 0 aliphatic carbocycles. The third kappa shape index (κ3) is 4.63. The number of hydrazine groups is 2. The third-order valence-corrected chi connectivity index (χ3v) is 3.44. The van der Waals surface area contributed by atoms with E-state index in [-0.39, 0.29) is 16.1 Å². The average molecular weight is 439 g/mol. The minimum atomic E-state index is -5.16. The van der Waals surface area contributed by atoms with Crippen molar-refractivity contribution in [2.24, 2.45) is 23.2 Å². The molecule has 0 atom stereocenters. The number of benzene rings is 1. The number of nitrogens with two attached hydrogens (primary N) is 4. The Bertz CT molecular complexity index is 962. The topological polar surface area (TPSA) is 183 Å². The lowest BCUT2D eigenvalue weighted by atomic mass is 10.0. The Kier molecular flexibility index (Phi) is 5.71. The van der Waals surface area contributed by atoms with Crippen molar-refractivity contribution in [2.45, 2.75) is 12.4 Å². The first kappa shape index (κ1) is 22.6. The molecule has 0 saturated carbocycles. The fourth-order valence-electron chi connectivity index (χ4n) is 2.06. The summed E-state index contributed by atoms with van der Waals surface area (Å²) in [6, 6.07) is -2.26. The molecule has 0 fully saturated rings. The summed E-state index contributed by atoms with van der Waals surface area (Å²) in [6.45, 7) is 0. The number of halogens is 6. The standard InChI is InChI=1S/C13H11F6N9O2/c14-12(15,16)5-1-4(2-6(3-5)13(17,18)19)7-8(27(22)9(20)29)24-11(26-25-7)28(23)10(21)30/h1-3H,22-23H2,(H2,20,29)(H2,21,30). The first-order chi connectivity index (χ1) is 13.6. The van der Waals surface area contributed by atoms with Crippen LogP contribution in [0.25, 0.3) is 11.3 Å². The van der Waals surface area contributed by atoms with Crippen molar-refractivity contribution in [1.82, 2.24) is 15.2 Å². The third-order valence-electron chi connectivity index (χ3n) is 3.44. The molecule has 0 aliphatic rings. The van der Waals surface area contributed by atoms with E-state index < -0.39 is 58.6 Å². The molecule has 0 bridgehead atoms. The Morgan fingerprint density at radius 2 is 1.27 bits per heavy atom. The van der Waals surface area contributed by atoms with Gasteiger partial charge in [0.2, 0.25) is 0 Å². The molecule has 2 aromatic rings. The molecule has 1 aromatic heterocycles. The maximum atomic E-state index is 13.1. The number of aromatic nitrogens is 3. The van der Waals surface area contributed by atoms with Gasteiger partial charge in [-0.05, 0) is 18.2 Å². The summed E-state index contributed by atoms with van der Waals surface area (Å²) in [7, 11) is 0. The number of alkyl halides is 6. The summed E-state index contributed by atoms with van der Waals surface area (Å²) in [5.74, 6) is 9.00. The van der Waals surface area contributed by atoms with Crippen LogP contribution in [0.15, 0.2) is 18.2 Å². The number of anilines is 2. The number of urea groups is 2. The summed E-state index contributed by atoms with van der Waals surface area (Å²) < 4.78 is 78.6. The van der Waals surface area contributed by atoms with E-state index in [9.17, 15) is 35.9 Å². The number of hydrogen-bond acceptors (Lipinski definition) is 7. The zero-order valence-corrected chi connectivity index (χ0v) is 14.4. The Morgan fingerprint density at radius 3 is 1.67 bits per heavy atom. The molecule has 11 nitrogen and oxygen atoms in total. The van der Waals surface area contributed by atoms with Gasteiger partial charge in [0.25, 0.3) is 5.95 Å². The molecule has 1 heterocycles. The molecule has 0 aliphatic heterocycles. The number of hydrogen-bond donors (Lipinski definition) is 4. The Hall–Kier alpha value is -3.73. The monoisotopic (exact) mass is 439 g/mol. The summed E-state index contributed by atoms with van der Waals surface area (Å²) in [5.41, 5.74) is 4.93. The Morgan fingerprint density at radius 1 is 0.800 bits per heavy atom. The van der Waals surface area contributed by atoms with Gasteiger partial charge in [0, 0.05) is 5.56 Å². The molecule has 1 aromatic carbocycles. The second kappa shape index (κ2) is 7.59. The molecular formula is C13H11F6N9O2. The molecule has 4 amide bonds. The second-order valence-corrected chi connectivity index (χ2v) is 5.50. The van der Waals surface area contributed by atoms with Gasteiger partial charge in [-0.2, -0.15) is 36.3 Å². The van der Waals surface area contributed by atoms with E-state index in [1.165, 1.54) is 0 Å². The number of carbonyl (C=O) groups excluding carboxylic acids is 2. The summed E-state index contributed by atoms with van der Waals surface area (Å²) in [6.07, 6.45) is -10.3. The van der Waals surface area contributed by atoms with Crippen molar-refractivity contribution < 1.29 is 35.9 Å². The smallest absolute Gasteiger partial charge is 0.350 e. The average Bonchev–Trinajstić information content (AvgIpc) is 2.64. The lowest BCUT2D eigenvalue weighted by molar-refractivity contribution is -0.143. The molecular weight excluding hydrogens is 428 g/mol. The largest absolute Gasteiger partial charge is 0.416 e. The van der Waals surface area contributed by atoms with Crippen molar-refractivity contribution >= 4 is 23.8 Å². The zero-order chi connectivity index (χ0) is 23.0. The van der Waals surface area contributed by atoms with Crippen LogP contribution in [0, 0.1) is 0 Å². The minimum absolute atomic E-state index is 0.0515. The number of rotatable bonds is 3. The van der Waals surface area contributed by atoms with Gasteiger partial charge >= 0.3 is 24.4 Å². The highest BCUT2D eigenvalue weighted by molar-refractivity contribution is 5.93. The Labute approximate surface area is 162 Å². The quantitative estimate of drug-likeness (QED) is 0.239. The van der Waals surface area contributed by atoms with Crippen LogP contribution in [0.1, 0.15) is 11.1 Å². The number of primary amides is 2. The van der Waals surface area contributed by atoms with E-state index in [0.717, 1.165) is 0 Å². The summed E-state index contributed by atoms with van der Waals surface area (Å²) in [4.78, 5) is 26.0. The molecule has 0 radical (unpaired) electrons. The van der Waals surface area contributed by atoms with Crippen LogP contribution < -0.4 is 33.2 Å². The SMILES string of the molecule is NC(=O)N(N)c1nnc(-c2cc(C(F)(F)F)cc(C(F)(F)F)c2)c(N(N)C(N)=O)n1.